The maximum atomic E-state index is 13.1. The third-order valence-corrected chi connectivity index (χ3v) is 6.21. The van der Waals surface area contributed by atoms with Crippen LogP contribution in [0.5, 0.6) is 0 Å². The molecule has 4 heterocycles. The molecule has 6 nitrogen and oxygen atoms in total. The molecule has 1 saturated carbocycles. The number of rotatable bonds is 4. The van der Waals surface area contributed by atoms with Crippen LogP contribution >= 0.6 is 0 Å². The summed E-state index contributed by atoms with van der Waals surface area (Å²) in [6.45, 7) is 0.926. The van der Waals surface area contributed by atoms with Crippen LogP contribution < -0.4 is 5.32 Å². The highest BCUT2D eigenvalue weighted by Gasteiger charge is 2.67. The molecular weight excluding hydrogens is 320 g/mol. The maximum absolute atomic E-state index is 13.1. The lowest BCUT2D eigenvalue weighted by molar-refractivity contribution is -0.138. The van der Waals surface area contributed by atoms with Crippen molar-refractivity contribution in [2.45, 2.75) is 50.0 Å². The molecule has 0 radical (unpaired) electrons. The summed E-state index contributed by atoms with van der Waals surface area (Å²) in [6, 6.07) is 3.93. The molecule has 0 aromatic carbocycles. The fraction of sp³-hybridized carbons (Fsp3) is 0.579. The van der Waals surface area contributed by atoms with E-state index >= 15 is 0 Å². The van der Waals surface area contributed by atoms with Gasteiger partial charge < -0.3 is 19.4 Å². The SMILES string of the molecule is O=C(NCc1ccco1)[C@H]1[C@H]2C=C[C@@]3(CN(C4CCCC4)C(=O)[C@@H]13)O2. The Bertz CT molecular complexity index is 722. The molecule has 1 spiro atoms. The third-order valence-electron chi connectivity index (χ3n) is 6.21. The molecule has 1 aromatic rings. The van der Waals surface area contributed by atoms with Crippen molar-refractivity contribution in [3.8, 4) is 0 Å². The summed E-state index contributed by atoms with van der Waals surface area (Å²) >= 11 is 0. The number of carbonyl (C=O) groups is 2. The van der Waals surface area contributed by atoms with Crippen LogP contribution in [-0.2, 0) is 20.9 Å². The zero-order chi connectivity index (χ0) is 17.0. The number of carbonyl (C=O) groups excluding carboxylic acids is 2. The van der Waals surface area contributed by atoms with Gasteiger partial charge in [0, 0.05) is 6.04 Å². The number of hydrogen-bond acceptors (Lipinski definition) is 4. The van der Waals surface area contributed by atoms with Gasteiger partial charge in [0.2, 0.25) is 11.8 Å². The van der Waals surface area contributed by atoms with E-state index < -0.39 is 11.5 Å². The van der Waals surface area contributed by atoms with Crippen LogP contribution in [0.1, 0.15) is 31.4 Å². The van der Waals surface area contributed by atoms with E-state index in [2.05, 4.69) is 5.32 Å². The Morgan fingerprint density at radius 2 is 2.20 bits per heavy atom. The van der Waals surface area contributed by atoms with E-state index in [-0.39, 0.29) is 23.8 Å². The predicted octanol–water partition coefficient (Wildman–Crippen LogP) is 1.62. The van der Waals surface area contributed by atoms with Crippen molar-refractivity contribution >= 4 is 11.8 Å². The van der Waals surface area contributed by atoms with Crippen molar-refractivity contribution in [3.05, 3.63) is 36.3 Å². The number of amides is 2. The van der Waals surface area contributed by atoms with Crippen molar-refractivity contribution in [3.63, 3.8) is 0 Å². The summed E-state index contributed by atoms with van der Waals surface area (Å²) in [6.07, 6.45) is 9.76. The first-order valence-corrected chi connectivity index (χ1v) is 9.16. The second kappa shape index (κ2) is 5.46. The van der Waals surface area contributed by atoms with Gasteiger partial charge in [0.25, 0.3) is 0 Å². The molecule has 6 heteroatoms. The Labute approximate surface area is 146 Å². The molecule has 1 aliphatic carbocycles. The first-order valence-electron chi connectivity index (χ1n) is 9.16. The van der Waals surface area contributed by atoms with Gasteiger partial charge in [-0.15, -0.1) is 0 Å². The molecule has 0 unspecified atom stereocenters. The standard InChI is InChI=1S/C19H22N2O4/c22-17(20-10-13-6-3-9-24-13)15-14-7-8-19(25-14)11-21(18(23)16(15)19)12-4-1-2-5-12/h3,6-9,12,14-16H,1-2,4-5,10-11H2,(H,20,22)/t14-,15+,16-,19+/m1/s1. The Balaban J connectivity index is 1.36. The molecule has 3 aliphatic heterocycles. The molecular formula is C19H22N2O4. The molecule has 2 bridgehead atoms. The fourth-order valence-corrected chi connectivity index (χ4v) is 5.06. The summed E-state index contributed by atoms with van der Waals surface area (Å²) in [4.78, 5) is 27.9. The van der Waals surface area contributed by atoms with Crippen LogP contribution in [-0.4, -0.2) is 41.0 Å². The van der Waals surface area contributed by atoms with E-state index in [0.717, 1.165) is 12.8 Å². The molecule has 4 aliphatic rings. The minimum absolute atomic E-state index is 0.0944. The maximum Gasteiger partial charge on any atom is 0.230 e. The van der Waals surface area contributed by atoms with Gasteiger partial charge in [-0.2, -0.15) is 0 Å². The van der Waals surface area contributed by atoms with Crippen LogP contribution in [0.4, 0.5) is 0 Å². The van der Waals surface area contributed by atoms with Gasteiger partial charge in [-0.05, 0) is 25.0 Å². The van der Waals surface area contributed by atoms with Gasteiger partial charge in [0.15, 0.2) is 0 Å². The minimum Gasteiger partial charge on any atom is -0.467 e. The van der Waals surface area contributed by atoms with Gasteiger partial charge >= 0.3 is 0 Å². The Morgan fingerprint density at radius 1 is 1.36 bits per heavy atom. The largest absolute Gasteiger partial charge is 0.467 e. The molecule has 5 rings (SSSR count). The summed E-state index contributed by atoms with van der Waals surface area (Å²) in [5.74, 6) is -0.164. The number of likely N-dealkylation sites (tertiary alicyclic amines) is 1. The van der Waals surface area contributed by atoms with Crippen molar-refractivity contribution in [2.75, 3.05) is 6.54 Å². The Morgan fingerprint density at radius 3 is 2.96 bits per heavy atom. The second-order valence-electron chi connectivity index (χ2n) is 7.60. The zero-order valence-electron chi connectivity index (χ0n) is 14.0. The van der Waals surface area contributed by atoms with Crippen LogP contribution in [0, 0.1) is 11.8 Å². The summed E-state index contributed by atoms with van der Waals surface area (Å²) < 4.78 is 11.4. The second-order valence-corrected chi connectivity index (χ2v) is 7.60. The molecule has 132 valence electrons. The molecule has 2 saturated heterocycles. The van der Waals surface area contributed by atoms with E-state index in [0.29, 0.717) is 24.9 Å². The van der Waals surface area contributed by atoms with Crippen LogP contribution in [0.3, 0.4) is 0 Å². The highest BCUT2D eigenvalue weighted by Crippen LogP contribution is 2.52. The number of nitrogens with one attached hydrogen (secondary N) is 1. The molecule has 4 atom stereocenters. The summed E-state index contributed by atoms with van der Waals surface area (Å²) in [5, 5.41) is 2.91. The van der Waals surface area contributed by atoms with E-state index in [1.54, 1.807) is 12.3 Å². The molecule has 25 heavy (non-hydrogen) atoms. The molecule has 1 N–H and O–H groups in total. The number of hydrogen-bond donors (Lipinski definition) is 1. The normalized spacial score (nSPS) is 36.4. The molecule has 1 aromatic heterocycles. The smallest absolute Gasteiger partial charge is 0.230 e. The van der Waals surface area contributed by atoms with Gasteiger partial charge in [0.1, 0.15) is 11.4 Å². The van der Waals surface area contributed by atoms with Gasteiger partial charge in [-0.1, -0.05) is 25.0 Å². The van der Waals surface area contributed by atoms with Crippen molar-refractivity contribution in [2.24, 2.45) is 11.8 Å². The summed E-state index contributed by atoms with van der Waals surface area (Å²) in [5.41, 5.74) is -0.600. The fourth-order valence-electron chi connectivity index (χ4n) is 5.06. The number of nitrogens with zero attached hydrogens (tertiary/aromatic N) is 1. The van der Waals surface area contributed by atoms with Crippen LogP contribution in [0.25, 0.3) is 0 Å². The minimum atomic E-state index is -0.600. The van der Waals surface area contributed by atoms with Crippen molar-refractivity contribution in [1.29, 1.82) is 0 Å². The highest BCUT2D eigenvalue weighted by molar-refractivity contribution is 5.93. The van der Waals surface area contributed by atoms with E-state index in [4.69, 9.17) is 9.15 Å². The average molecular weight is 342 g/mol. The molecule has 2 amide bonds. The summed E-state index contributed by atoms with van der Waals surface area (Å²) in [7, 11) is 0. The lowest BCUT2D eigenvalue weighted by Gasteiger charge is -2.26. The first kappa shape index (κ1) is 15.2. The number of furan rings is 1. The number of ether oxygens (including phenoxy) is 1. The topological polar surface area (TPSA) is 71.8 Å². The third kappa shape index (κ3) is 2.20. The quantitative estimate of drug-likeness (QED) is 0.844. The van der Waals surface area contributed by atoms with E-state index in [1.165, 1.54) is 12.8 Å². The van der Waals surface area contributed by atoms with E-state index in [1.807, 2.05) is 23.1 Å². The van der Waals surface area contributed by atoms with Gasteiger partial charge in [-0.25, -0.2) is 0 Å². The van der Waals surface area contributed by atoms with Crippen molar-refractivity contribution in [1.82, 2.24) is 10.2 Å². The van der Waals surface area contributed by atoms with E-state index in [9.17, 15) is 9.59 Å². The lowest BCUT2D eigenvalue weighted by atomic mass is 9.77. The van der Waals surface area contributed by atoms with Gasteiger partial charge in [0.05, 0.1) is 37.3 Å². The highest BCUT2D eigenvalue weighted by atomic mass is 16.5. The van der Waals surface area contributed by atoms with Gasteiger partial charge in [-0.3, -0.25) is 9.59 Å². The average Bonchev–Trinajstić information content (AvgIpc) is 3.39. The zero-order valence-corrected chi connectivity index (χ0v) is 14.0. The van der Waals surface area contributed by atoms with Crippen LogP contribution in [0.15, 0.2) is 35.0 Å². The first-order chi connectivity index (χ1) is 12.2. The van der Waals surface area contributed by atoms with Crippen LogP contribution in [0.2, 0.25) is 0 Å². The molecule has 3 fully saturated rings. The predicted molar refractivity (Wildman–Crippen MR) is 88.2 cm³/mol. The lowest BCUT2D eigenvalue weighted by Crippen LogP contribution is -2.44. The van der Waals surface area contributed by atoms with Crippen molar-refractivity contribution < 1.29 is 18.7 Å². The number of fused-ring (bicyclic) bond motifs is 1. The monoisotopic (exact) mass is 342 g/mol. The Kier molecular flexibility index (Phi) is 3.32. The Hall–Kier alpha value is -2.08.